The van der Waals surface area contributed by atoms with Crippen molar-refractivity contribution in [1.82, 2.24) is 10.2 Å². The number of carbonyl (C=O) groups excluding carboxylic acids is 2. The number of rotatable bonds is 11. The van der Waals surface area contributed by atoms with Gasteiger partial charge in [-0.15, -0.1) is 0 Å². The molecule has 40 heavy (non-hydrogen) atoms. The minimum absolute atomic E-state index is 0.0379. The number of nitrogens with zero attached hydrogens (tertiary/aromatic N) is 2. The number of ether oxygens (including phenoxy) is 1. The third-order valence-corrected chi connectivity index (χ3v) is 8.29. The Kier molecular flexibility index (Phi) is 10.2. The Labute approximate surface area is 239 Å². The molecule has 11 heteroatoms. The van der Waals surface area contributed by atoms with Crippen molar-refractivity contribution in [3.05, 3.63) is 88.7 Å². The first-order valence-electron chi connectivity index (χ1n) is 12.6. The molecule has 0 unspecified atom stereocenters. The van der Waals surface area contributed by atoms with Gasteiger partial charge in [0.15, 0.2) is 0 Å². The fourth-order valence-electron chi connectivity index (χ4n) is 3.97. The van der Waals surface area contributed by atoms with Crippen molar-refractivity contribution in [1.29, 1.82) is 0 Å². The summed E-state index contributed by atoms with van der Waals surface area (Å²) in [5.74, 6) is -1.40. The van der Waals surface area contributed by atoms with Crippen LogP contribution in [0.1, 0.15) is 31.9 Å². The summed E-state index contributed by atoms with van der Waals surface area (Å²) in [5, 5.41) is 2.90. The lowest BCUT2D eigenvalue weighted by Crippen LogP contribution is -2.52. The number of anilines is 1. The van der Waals surface area contributed by atoms with Gasteiger partial charge in [-0.05, 0) is 64.1 Å². The lowest BCUT2D eigenvalue weighted by atomic mass is 10.1. The highest BCUT2D eigenvalue weighted by molar-refractivity contribution is 7.92. The molecule has 0 bridgehead atoms. The average molecular weight is 590 g/mol. The smallest absolute Gasteiger partial charge is 0.264 e. The Balaban J connectivity index is 2.08. The van der Waals surface area contributed by atoms with Gasteiger partial charge in [0.1, 0.15) is 24.2 Å². The Morgan fingerprint density at radius 1 is 1.02 bits per heavy atom. The SMILES string of the molecule is COc1ccc(N(CC(=O)N(Cc2ccccc2F)[C@H](C)C(=O)NC(C)C)S(=O)(=O)c2ccc(C)cc2)cc1Cl. The van der Waals surface area contributed by atoms with Gasteiger partial charge in [0, 0.05) is 18.2 Å². The van der Waals surface area contributed by atoms with Crippen LogP contribution in [0.25, 0.3) is 0 Å². The molecule has 1 atom stereocenters. The number of benzene rings is 3. The summed E-state index contributed by atoms with van der Waals surface area (Å²) >= 11 is 6.32. The summed E-state index contributed by atoms with van der Waals surface area (Å²) in [6.45, 7) is 5.96. The predicted molar refractivity (Wildman–Crippen MR) is 153 cm³/mol. The van der Waals surface area contributed by atoms with Crippen LogP contribution in [0.2, 0.25) is 5.02 Å². The van der Waals surface area contributed by atoms with Gasteiger partial charge in [0.2, 0.25) is 11.8 Å². The van der Waals surface area contributed by atoms with Gasteiger partial charge in [-0.3, -0.25) is 13.9 Å². The quantitative estimate of drug-likeness (QED) is 0.342. The van der Waals surface area contributed by atoms with Crippen LogP contribution in [0.3, 0.4) is 0 Å². The topological polar surface area (TPSA) is 96.0 Å². The van der Waals surface area contributed by atoms with E-state index in [-0.39, 0.29) is 33.8 Å². The monoisotopic (exact) mass is 589 g/mol. The maximum atomic E-state index is 14.6. The van der Waals surface area contributed by atoms with E-state index in [2.05, 4.69) is 5.32 Å². The molecule has 0 aliphatic heterocycles. The molecule has 1 N–H and O–H groups in total. The fourth-order valence-corrected chi connectivity index (χ4v) is 5.63. The zero-order valence-electron chi connectivity index (χ0n) is 23.0. The molecule has 0 radical (unpaired) electrons. The van der Waals surface area contributed by atoms with E-state index in [9.17, 15) is 22.4 Å². The molecule has 0 spiro atoms. The number of methoxy groups -OCH3 is 1. The number of halogens is 2. The van der Waals surface area contributed by atoms with Crippen LogP contribution < -0.4 is 14.4 Å². The summed E-state index contributed by atoms with van der Waals surface area (Å²) in [6.07, 6.45) is 0. The second-order valence-electron chi connectivity index (χ2n) is 9.60. The summed E-state index contributed by atoms with van der Waals surface area (Å²) < 4.78 is 48.5. The van der Waals surface area contributed by atoms with Gasteiger partial charge in [0.05, 0.1) is 22.7 Å². The van der Waals surface area contributed by atoms with Crippen LogP contribution in [0, 0.1) is 12.7 Å². The van der Waals surface area contributed by atoms with Gasteiger partial charge < -0.3 is 15.0 Å². The molecular formula is C29H33ClFN3O5S. The first-order valence-corrected chi connectivity index (χ1v) is 14.4. The van der Waals surface area contributed by atoms with Crippen molar-refractivity contribution in [3.63, 3.8) is 0 Å². The highest BCUT2D eigenvalue weighted by Crippen LogP contribution is 2.32. The molecule has 3 aromatic carbocycles. The lowest BCUT2D eigenvalue weighted by Gasteiger charge is -2.32. The molecule has 0 aliphatic rings. The van der Waals surface area contributed by atoms with E-state index in [1.807, 2.05) is 6.92 Å². The first-order chi connectivity index (χ1) is 18.8. The van der Waals surface area contributed by atoms with Crippen molar-refractivity contribution in [2.24, 2.45) is 0 Å². The summed E-state index contributed by atoms with van der Waals surface area (Å²) in [6, 6.07) is 15.2. The van der Waals surface area contributed by atoms with Crippen LogP contribution in [0.4, 0.5) is 10.1 Å². The van der Waals surface area contributed by atoms with Gasteiger partial charge in [-0.25, -0.2) is 12.8 Å². The summed E-state index contributed by atoms with van der Waals surface area (Å²) in [5.41, 5.74) is 1.15. The van der Waals surface area contributed by atoms with Crippen LogP contribution in [0.5, 0.6) is 5.75 Å². The van der Waals surface area contributed by atoms with Gasteiger partial charge >= 0.3 is 0 Å². The minimum atomic E-state index is -4.27. The first kappa shape index (κ1) is 30.9. The number of sulfonamides is 1. The molecule has 3 aromatic rings. The molecule has 0 saturated carbocycles. The Bertz CT molecular complexity index is 1460. The molecule has 0 heterocycles. The van der Waals surface area contributed by atoms with Gasteiger partial charge in [-0.1, -0.05) is 47.5 Å². The highest BCUT2D eigenvalue weighted by Gasteiger charge is 2.33. The maximum absolute atomic E-state index is 14.6. The van der Waals surface area contributed by atoms with Crippen molar-refractivity contribution in [2.75, 3.05) is 18.0 Å². The standard InChI is InChI=1S/C29H33ClFN3O5S/c1-19(2)32-29(36)21(4)33(17-22-8-6-7-9-26(22)31)28(35)18-34(23-12-15-27(39-5)25(30)16-23)40(37,38)24-13-10-20(3)11-14-24/h6-16,19,21H,17-18H2,1-5H3,(H,32,36)/t21-/m1/s1. The molecule has 2 amide bonds. The normalized spacial score (nSPS) is 12.1. The summed E-state index contributed by atoms with van der Waals surface area (Å²) in [4.78, 5) is 27.9. The van der Waals surface area contributed by atoms with E-state index in [4.69, 9.17) is 16.3 Å². The van der Waals surface area contributed by atoms with Crippen molar-refractivity contribution < 1.29 is 27.1 Å². The molecule has 3 rings (SSSR count). The molecule has 8 nitrogen and oxygen atoms in total. The molecular weight excluding hydrogens is 557 g/mol. The van der Waals surface area contributed by atoms with Gasteiger partial charge in [0.25, 0.3) is 10.0 Å². The largest absolute Gasteiger partial charge is 0.495 e. The second-order valence-corrected chi connectivity index (χ2v) is 11.9. The van der Waals surface area contributed by atoms with Crippen LogP contribution >= 0.6 is 11.6 Å². The van der Waals surface area contributed by atoms with Crippen molar-refractivity contribution in [3.8, 4) is 5.75 Å². The van der Waals surface area contributed by atoms with E-state index in [1.165, 1.54) is 67.5 Å². The average Bonchev–Trinajstić information content (AvgIpc) is 2.90. The van der Waals surface area contributed by atoms with E-state index in [0.717, 1.165) is 9.87 Å². The van der Waals surface area contributed by atoms with E-state index in [1.54, 1.807) is 32.0 Å². The minimum Gasteiger partial charge on any atom is -0.495 e. The van der Waals surface area contributed by atoms with Gasteiger partial charge in [-0.2, -0.15) is 0 Å². The number of nitrogens with one attached hydrogen (secondary N) is 1. The second kappa shape index (κ2) is 13.1. The lowest BCUT2D eigenvalue weighted by molar-refractivity contribution is -0.139. The van der Waals surface area contributed by atoms with E-state index >= 15 is 0 Å². The molecule has 0 aliphatic carbocycles. The number of carbonyl (C=O) groups is 2. The van der Waals surface area contributed by atoms with E-state index < -0.39 is 40.2 Å². The van der Waals surface area contributed by atoms with Crippen LogP contribution in [-0.2, 0) is 26.2 Å². The van der Waals surface area contributed by atoms with E-state index in [0.29, 0.717) is 5.75 Å². The molecule has 0 fully saturated rings. The Hall–Kier alpha value is -3.63. The van der Waals surface area contributed by atoms with Crippen molar-refractivity contribution >= 4 is 39.1 Å². The third kappa shape index (κ3) is 7.31. The number of aryl methyl sites for hydroxylation is 1. The molecule has 214 valence electrons. The Morgan fingerprint density at radius 2 is 1.68 bits per heavy atom. The number of amides is 2. The summed E-state index contributed by atoms with van der Waals surface area (Å²) in [7, 11) is -2.84. The number of hydrogen-bond acceptors (Lipinski definition) is 5. The Morgan fingerprint density at radius 3 is 2.25 bits per heavy atom. The maximum Gasteiger partial charge on any atom is 0.264 e. The number of hydrogen-bond donors (Lipinski definition) is 1. The van der Waals surface area contributed by atoms with Crippen LogP contribution in [-0.4, -0.2) is 50.9 Å². The fraction of sp³-hybridized carbons (Fsp3) is 0.310. The third-order valence-electron chi connectivity index (χ3n) is 6.21. The molecule has 0 aromatic heterocycles. The zero-order chi connectivity index (χ0) is 29.6. The van der Waals surface area contributed by atoms with Crippen molar-refractivity contribution in [2.45, 2.75) is 51.2 Å². The highest BCUT2D eigenvalue weighted by atomic mass is 35.5. The van der Waals surface area contributed by atoms with Crippen LogP contribution in [0.15, 0.2) is 71.6 Å². The predicted octanol–water partition coefficient (Wildman–Crippen LogP) is 4.93. The molecule has 0 saturated heterocycles. The zero-order valence-corrected chi connectivity index (χ0v) is 24.6.